The van der Waals surface area contributed by atoms with Crippen molar-refractivity contribution in [3.8, 4) is 0 Å². The van der Waals surface area contributed by atoms with Crippen LogP contribution in [0.4, 0.5) is 0 Å². The highest BCUT2D eigenvalue weighted by Gasteiger charge is 2.07. The van der Waals surface area contributed by atoms with Crippen LogP contribution in [0.5, 0.6) is 0 Å². The van der Waals surface area contributed by atoms with E-state index in [4.69, 9.17) is 11.6 Å². The summed E-state index contributed by atoms with van der Waals surface area (Å²) >= 11 is 8.80. The second-order valence-corrected chi connectivity index (χ2v) is 4.25. The van der Waals surface area contributed by atoms with Gasteiger partial charge in [-0.15, -0.1) is 0 Å². The molecule has 82 valence electrons. The topological polar surface area (TPSA) is 47.8 Å². The minimum atomic E-state index is -0.217. The van der Waals surface area contributed by atoms with Crippen LogP contribution in [0, 0.1) is 0 Å². The molecule has 0 atom stereocenters. The van der Waals surface area contributed by atoms with Crippen LogP contribution in [0.2, 0.25) is 5.15 Å². The van der Waals surface area contributed by atoms with Crippen LogP contribution in [0.25, 0.3) is 0 Å². The van der Waals surface area contributed by atoms with Crippen LogP contribution in [0.1, 0.15) is 5.69 Å². The van der Waals surface area contributed by atoms with E-state index in [1.54, 1.807) is 6.20 Å². The molecule has 0 aliphatic rings. The molecule has 0 bridgehead atoms. The summed E-state index contributed by atoms with van der Waals surface area (Å²) in [7, 11) is 0. The third-order valence-corrected chi connectivity index (χ3v) is 3.23. The average Bonchev–Trinajstić information content (AvgIpc) is 2.31. The molecule has 0 spiro atoms. The lowest BCUT2D eigenvalue weighted by Crippen LogP contribution is -2.22. The number of halogens is 2. The zero-order chi connectivity index (χ0) is 11.5. The number of rotatable bonds is 2. The maximum absolute atomic E-state index is 11.8. The van der Waals surface area contributed by atoms with Gasteiger partial charge in [0.2, 0.25) is 0 Å². The molecule has 0 saturated carbocycles. The van der Waals surface area contributed by atoms with Crippen LogP contribution in [0.3, 0.4) is 0 Å². The summed E-state index contributed by atoms with van der Waals surface area (Å²) in [6.07, 6.45) is 3.09. The zero-order valence-corrected chi connectivity index (χ0v) is 10.4. The Kier molecular flexibility index (Phi) is 3.36. The lowest BCUT2D eigenvalue weighted by molar-refractivity contribution is 0.714. The maximum Gasteiger partial charge on any atom is 0.269 e. The molecule has 4 nitrogen and oxygen atoms in total. The van der Waals surface area contributed by atoms with Gasteiger partial charge in [-0.05, 0) is 28.1 Å². The highest BCUT2D eigenvalue weighted by molar-refractivity contribution is 9.10. The molecule has 0 radical (unpaired) electrons. The van der Waals surface area contributed by atoms with E-state index in [2.05, 4.69) is 25.9 Å². The van der Waals surface area contributed by atoms with Crippen molar-refractivity contribution in [3.63, 3.8) is 0 Å². The first-order valence-corrected chi connectivity index (χ1v) is 5.66. The first-order chi connectivity index (χ1) is 7.68. The Labute approximate surface area is 105 Å². The Morgan fingerprint density at radius 3 is 2.88 bits per heavy atom. The van der Waals surface area contributed by atoms with E-state index in [9.17, 15) is 4.79 Å². The van der Waals surface area contributed by atoms with Crippen molar-refractivity contribution < 1.29 is 0 Å². The molecule has 2 aromatic rings. The lowest BCUT2D eigenvalue weighted by atomic mass is 10.3. The number of nitrogens with zero attached hydrogens (tertiary/aromatic N) is 3. The molecule has 0 amide bonds. The van der Waals surface area contributed by atoms with Gasteiger partial charge in [-0.3, -0.25) is 14.3 Å². The minimum absolute atomic E-state index is 0.169. The van der Waals surface area contributed by atoms with Crippen LogP contribution in [-0.2, 0) is 6.54 Å². The van der Waals surface area contributed by atoms with Crippen molar-refractivity contribution >= 4 is 27.5 Å². The first-order valence-electron chi connectivity index (χ1n) is 4.49. The fraction of sp³-hybridized carbons (Fsp3) is 0.100. The zero-order valence-electron chi connectivity index (χ0n) is 8.10. The summed E-state index contributed by atoms with van der Waals surface area (Å²) in [5.74, 6) is 0. The molecule has 2 heterocycles. The van der Waals surface area contributed by atoms with Gasteiger partial charge in [0, 0.05) is 6.20 Å². The Morgan fingerprint density at radius 2 is 2.19 bits per heavy atom. The standard InChI is InChI=1S/C10H7BrClN3O/c11-8-9(12)14-6-15(10(8)16)5-7-3-1-2-4-13-7/h1-4,6H,5H2. The van der Waals surface area contributed by atoms with E-state index in [1.165, 1.54) is 10.9 Å². The van der Waals surface area contributed by atoms with Crippen molar-refractivity contribution in [2.24, 2.45) is 0 Å². The molecule has 16 heavy (non-hydrogen) atoms. The highest BCUT2D eigenvalue weighted by atomic mass is 79.9. The Balaban J connectivity index is 2.37. The molecule has 0 saturated heterocycles. The monoisotopic (exact) mass is 299 g/mol. The molecule has 0 aliphatic heterocycles. The predicted octanol–water partition coefficient (Wildman–Crippen LogP) is 2.10. The van der Waals surface area contributed by atoms with Gasteiger partial charge in [0.25, 0.3) is 5.56 Å². The van der Waals surface area contributed by atoms with Crippen molar-refractivity contribution in [3.05, 3.63) is 56.4 Å². The SMILES string of the molecule is O=c1c(Br)c(Cl)ncn1Cc1ccccn1. The summed E-state index contributed by atoms with van der Waals surface area (Å²) < 4.78 is 1.71. The minimum Gasteiger partial charge on any atom is -0.292 e. The van der Waals surface area contributed by atoms with E-state index >= 15 is 0 Å². The van der Waals surface area contributed by atoms with E-state index in [0.29, 0.717) is 6.54 Å². The molecule has 0 aliphatic carbocycles. The molecule has 0 aromatic carbocycles. The van der Waals surface area contributed by atoms with Crippen LogP contribution >= 0.6 is 27.5 Å². The third kappa shape index (κ3) is 2.31. The summed E-state index contributed by atoms with van der Waals surface area (Å²) in [6.45, 7) is 0.377. The second-order valence-electron chi connectivity index (χ2n) is 3.10. The first kappa shape index (κ1) is 11.3. The molecular formula is C10H7BrClN3O. The molecule has 0 fully saturated rings. The van der Waals surface area contributed by atoms with E-state index in [0.717, 1.165) is 5.69 Å². The van der Waals surface area contributed by atoms with E-state index < -0.39 is 0 Å². The van der Waals surface area contributed by atoms with Gasteiger partial charge in [0.15, 0.2) is 5.15 Å². The van der Waals surface area contributed by atoms with Crippen molar-refractivity contribution in [1.82, 2.24) is 14.5 Å². The highest BCUT2D eigenvalue weighted by Crippen LogP contribution is 2.13. The Morgan fingerprint density at radius 1 is 1.38 bits per heavy atom. The van der Waals surface area contributed by atoms with Gasteiger partial charge in [0.05, 0.1) is 18.6 Å². The summed E-state index contributed by atoms with van der Waals surface area (Å²) in [4.78, 5) is 19.8. The van der Waals surface area contributed by atoms with Gasteiger partial charge >= 0.3 is 0 Å². The van der Waals surface area contributed by atoms with Gasteiger partial charge in [-0.2, -0.15) is 0 Å². The van der Waals surface area contributed by atoms with E-state index in [1.807, 2.05) is 18.2 Å². The number of hydrogen-bond acceptors (Lipinski definition) is 3. The predicted molar refractivity (Wildman–Crippen MR) is 64.5 cm³/mol. The molecule has 2 rings (SSSR count). The van der Waals surface area contributed by atoms with Gasteiger partial charge in [-0.1, -0.05) is 17.7 Å². The quantitative estimate of drug-likeness (QED) is 0.798. The number of pyridine rings is 1. The second kappa shape index (κ2) is 4.76. The van der Waals surface area contributed by atoms with E-state index in [-0.39, 0.29) is 15.2 Å². The fourth-order valence-electron chi connectivity index (χ4n) is 1.22. The van der Waals surface area contributed by atoms with Crippen LogP contribution in [-0.4, -0.2) is 14.5 Å². The maximum atomic E-state index is 11.8. The van der Waals surface area contributed by atoms with Gasteiger partial charge in [0.1, 0.15) is 4.47 Å². The summed E-state index contributed by atoms with van der Waals surface area (Å²) in [5.41, 5.74) is 0.575. The molecule has 0 unspecified atom stereocenters. The summed E-state index contributed by atoms with van der Waals surface area (Å²) in [6, 6.07) is 5.53. The van der Waals surface area contributed by atoms with Gasteiger partial charge < -0.3 is 0 Å². The average molecular weight is 301 g/mol. The fourth-order valence-corrected chi connectivity index (χ4v) is 1.68. The largest absolute Gasteiger partial charge is 0.292 e. The normalized spacial score (nSPS) is 10.4. The molecular weight excluding hydrogens is 293 g/mol. The van der Waals surface area contributed by atoms with Crippen LogP contribution in [0.15, 0.2) is 40.0 Å². The Bertz CT molecular complexity index is 556. The van der Waals surface area contributed by atoms with Crippen molar-refractivity contribution in [2.75, 3.05) is 0 Å². The smallest absolute Gasteiger partial charge is 0.269 e. The number of aromatic nitrogens is 3. The van der Waals surface area contributed by atoms with Crippen molar-refractivity contribution in [1.29, 1.82) is 0 Å². The molecule has 0 N–H and O–H groups in total. The third-order valence-electron chi connectivity index (χ3n) is 2.00. The Hall–Kier alpha value is -1.20. The van der Waals surface area contributed by atoms with Gasteiger partial charge in [-0.25, -0.2) is 4.98 Å². The number of hydrogen-bond donors (Lipinski definition) is 0. The molecule has 2 aromatic heterocycles. The lowest BCUT2D eigenvalue weighted by Gasteiger charge is -2.05. The van der Waals surface area contributed by atoms with Crippen molar-refractivity contribution in [2.45, 2.75) is 6.54 Å². The summed E-state index contributed by atoms with van der Waals surface area (Å²) in [5, 5.41) is 0.169. The molecule has 6 heteroatoms. The van der Waals surface area contributed by atoms with Crippen LogP contribution < -0.4 is 5.56 Å².